The summed E-state index contributed by atoms with van der Waals surface area (Å²) in [6, 6.07) is 4.63. The first kappa shape index (κ1) is 13.5. The summed E-state index contributed by atoms with van der Waals surface area (Å²) < 4.78 is 69.2. The van der Waals surface area contributed by atoms with E-state index in [1.54, 1.807) is 6.92 Å². The van der Waals surface area contributed by atoms with Crippen LogP contribution in [0.2, 0.25) is 0 Å². The highest BCUT2D eigenvalue weighted by Crippen LogP contribution is 2.37. The van der Waals surface area contributed by atoms with Crippen molar-refractivity contribution in [1.82, 2.24) is 0 Å². The molecule has 0 heterocycles. The van der Waals surface area contributed by atoms with E-state index in [9.17, 15) is 22.0 Å². The van der Waals surface area contributed by atoms with E-state index in [-0.39, 0.29) is 12.4 Å². The van der Waals surface area contributed by atoms with E-state index >= 15 is 0 Å². The maximum absolute atomic E-state index is 12.5. The molecule has 0 aliphatic heterocycles. The molecular formula is C10H9F5O2. The molecule has 0 unspecified atom stereocenters. The Kier molecular flexibility index (Phi) is 3.79. The van der Waals surface area contributed by atoms with E-state index in [1.807, 2.05) is 0 Å². The Bertz CT molecular complexity index is 375. The molecule has 0 radical (unpaired) electrons. The van der Waals surface area contributed by atoms with Crippen molar-refractivity contribution >= 4 is 0 Å². The first-order valence-electron chi connectivity index (χ1n) is 4.62. The van der Waals surface area contributed by atoms with Gasteiger partial charge in [0.05, 0.1) is 6.61 Å². The zero-order valence-corrected chi connectivity index (χ0v) is 8.72. The number of ether oxygens (including phenoxy) is 2. The number of alkyl halides is 5. The van der Waals surface area contributed by atoms with Gasteiger partial charge in [-0.15, -0.1) is 0 Å². The minimum absolute atomic E-state index is 0.156. The van der Waals surface area contributed by atoms with E-state index in [0.717, 1.165) is 12.1 Å². The standard InChI is InChI=1S/C10H9F5O2/c1-2-16-7-4-3-5-8(6-7)17-10(14,15)9(11,12)13/h3-6H,2H2,1H3. The quantitative estimate of drug-likeness (QED) is 0.766. The van der Waals surface area contributed by atoms with Crippen molar-refractivity contribution in [2.24, 2.45) is 0 Å². The third kappa shape index (κ3) is 3.47. The summed E-state index contributed by atoms with van der Waals surface area (Å²) >= 11 is 0. The zero-order chi connectivity index (χ0) is 13.1. The van der Waals surface area contributed by atoms with E-state index in [1.165, 1.54) is 12.1 Å². The molecule has 0 aromatic heterocycles. The van der Waals surface area contributed by atoms with Crippen LogP contribution in [0.15, 0.2) is 24.3 Å². The molecule has 2 nitrogen and oxygen atoms in total. The Labute approximate surface area is 93.9 Å². The van der Waals surface area contributed by atoms with Gasteiger partial charge in [-0.1, -0.05) is 6.07 Å². The topological polar surface area (TPSA) is 18.5 Å². The van der Waals surface area contributed by atoms with Gasteiger partial charge in [-0.25, -0.2) is 0 Å². The van der Waals surface area contributed by atoms with Crippen LogP contribution in [0, 0.1) is 0 Å². The highest BCUT2D eigenvalue weighted by atomic mass is 19.4. The lowest BCUT2D eigenvalue weighted by Gasteiger charge is -2.20. The van der Waals surface area contributed by atoms with Crippen molar-refractivity contribution in [3.63, 3.8) is 0 Å². The second kappa shape index (κ2) is 4.77. The van der Waals surface area contributed by atoms with Crippen molar-refractivity contribution in [3.8, 4) is 11.5 Å². The molecule has 1 aromatic rings. The first-order chi connectivity index (χ1) is 7.76. The van der Waals surface area contributed by atoms with Gasteiger partial charge in [0.25, 0.3) is 0 Å². The van der Waals surface area contributed by atoms with Gasteiger partial charge in [0, 0.05) is 6.07 Å². The van der Waals surface area contributed by atoms with Gasteiger partial charge in [-0.2, -0.15) is 22.0 Å². The van der Waals surface area contributed by atoms with Crippen LogP contribution in [0.5, 0.6) is 11.5 Å². The van der Waals surface area contributed by atoms with Gasteiger partial charge in [-0.3, -0.25) is 0 Å². The third-order valence-electron chi connectivity index (χ3n) is 1.69. The molecule has 0 amide bonds. The van der Waals surface area contributed by atoms with Crippen LogP contribution in [-0.2, 0) is 0 Å². The third-order valence-corrected chi connectivity index (χ3v) is 1.69. The zero-order valence-electron chi connectivity index (χ0n) is 8.72. The summed E-state index contributed by atoms with van der Waals surface area (Å²) in [6.45, 7) is 1.91. The summed E-state index contributed by atoms with van der Waals surface area (Å²) in [4.78, 5) is 0. The van der Waals surface area contributed by atoms with Crippen LogP contribution in [0.25, 0.3) is 0 Å². The van der Waals surface area contributed by atoms with Crippen LogP contribution in [0.1, 0.15) is 6.92 Å². The maximum atomic E-state index is 12.5. The van der Waals surface area contributed by atoms with Crippen molar-refractivity contribution in [2.75, 3.05) is 6.61 Å². The Balaban J connectivity index is 2.84. The molecule has 0 fully saturated rings. The van der Waals surface area contributed by atoms with E-state index in [0.29, 0.717) is 0 Å². The average Bonchev–Trinajstić information content (AvgIpc) is 2.16. The minimum atomic E-state index is -5.76. The van der Waals surface area contributed by atoms with Crippen LogP contribution in [-0.4, -0.2) is 18.9 Å². The van der Waals surface area contributed by atoms with Crippen molar-refractivity contribution in [1.29, 1.82) is 0 Å². The molecule has 0 saturated carbocycles. The average molecular weight is 256 g/mol. The van der Waals surface area contributed by atoms with Gasteiger partial charge >= 0.3 is 12.3 Å². The fourth-order valence-electron chi connectivity index (χ4n) is 1.00. The highest BCUT2D eigenvalue weighted by molar-refractivity contribution is 5.33. The lowest BCUT2D eigenvalue weighted by atomic mass is 10.3. The van der Waals surface area contributed by atoms with Crippen LogP contribution >= 0.6 is 0 Å². The van der Waals surface area contributed by atoms with Crippen molar-refractivity contribution < 1.29 is 31.4 Å². The largest absolute Gasteiger partial charge is 0.499 e. The molecule has 0 aliphatic carbocycles. The van der Waals surface area contributed by atoms with Gasteiger partial charge < -0.3 is 9.47 Å². The van der Waals surface area contributed by atoms with Gasteiger partial charge in [0.2, 0.25) is 0 Å². The fourth-order valence-corrected chi connectivity index (χ4v) is 1.00. The van der Waals surface area contributed by atoms with Gasteiger partial charge in [0.15, 0.2) is 0 Å². The number of hydrogen-bond acceptors (Lipinski definition) is 2. The number of halogens is 5. The van der Waals surface area contributed by atoms with Crippen LogP contribution in [0.3, 0.4) is 0 Å². The first-order valence-corrected chi connectivity index (χ1v) is 4.62. The number of rotatable bonds is 4. The Hall–Kier alpha value is -1.53. The molecule has 1 rings (SSSR count). The van der Waals surface area contributed by atoms with Gasteiger partial charge in [-0.05, 0) is 19.1 Å². The summed E-state index contributed by atoms with van der Waals surface area (Å²) in [5.41, 5.74) is 0. The molecule has 1 aromatic carbocycles. The maximum Gasteiger partial charge on any atom is 0.499 e. The normalized spacial score (nSPS) is 12.4. The van der Waals surface area contributed by atoms with Crippen LogP contribution < -0.4 is 9.47 Å². The Morgan fingerprint density at radius 3 is 2.18 bits per heavy atom. The smallest absolute Gasteiger partial charge is 0.494 e. The molecule has 0 atom stereocenters. The predicted octanol–water partition coefficient (Wildman–Crippen LogP) is 3.62. The number of benzene rings is 1. The molecule has 0 bridgehead atoms. The van der Waals surface area contributed by atoms with Crippen molar-refractivity contribution in [3.05, 3.63) is 24.3 Å². The fraction of sp³-hybridized carbons (Fsp3) is 0.400. The lowest BCUT2D eigenvalue weighted by Crippen LogP contribution is -2.41. The highest BCUT2D eigenvalue weighted by Gasteiger charge is 2.61. The Morgan fingerprint density at radius 2 is 1.65 bits per heavy atom. The van der Waals surface area contributed by atoms with E-state index in [4.69, 9.17) is 4.74 Å². The molecule has 7 heteroatoms. The second-order valence-corrected chi connectivity index (χ2v) is 3.02. The van der Waals surface area contributed by atoms with E-state index < -0.39 is 18.0 Å². The molecule has 0 aliphatic rings. The van der Waals surface area contributed by atoms with Crippen molar-refractivity contribution in [2.45, 2.75) is 19.2 Å². The summed E-state index contributed by atoms with van der Waals surface area (Å²) in [5.74, 6) is -0.457. The predicted molar refractivity (Wildman–Crippen MR) is 49.2 cm³/mol. The lowest BCUT2D eigenvalue weighted by molar-refractivity contribution is -0.360. The minimum Gasteiger partial charge on any atom is -0.494 e. The SMILES string of the molecule is CCOc1cccc(OC(F)(F)C(F)(F)F)c1. The van der Waals surface area contributed by atoms with Crippen LogP contribution in [0.4, 0.5) is 22.0 Å². The Morgan fingerprint density at radius 1 is 1.06 bits per heavy atom. The molecule has 17 heavy (non-hydrogen) atoms. The van der Waals surface area contributed by atoms with Gasteiger partial charge in [0.1, 0.15) is 11.5 Å². The molecule has 0 spiro atoms. The molecule has 0 saturated heterocycles. The monoisotopic (exact) mass is 256 g/mol. The summed E-state index contributed by atoms with van der Waals surface area (Å²) in [7, 11) is 0. The second-order valence-electron chi connectivity index (χ2n) is 3.02. The molecular weight excluding hydrogens is 247 g/mol. The number of hydrogen-bond donors (Lipinski definition) is 0. The summed E-state index contributed by atoms with van der Waals surface area (Å²) in [5, 5.41) is 0. The summed E-state index contributed by atoms with van der Waals surface area (Å²) in [6.07, 6.45) is -11.0. The molecule has 0 N–H and O–H groups in total. The molecule has 96 valence electrons. The van der Waals surface area contributed by atoms with E-state index in [2.05, 4.69) is 4.74 Å².